The quantitative estimate of drug-likeness (QED) is 0.496. The maximum absolute atomic E-state index is 2.50. The maximum atomic E-state index is 2.50. The zero-order valence-corrected chi connectivity index (χ0v) is 12.8. The first-order chi connectivity index (χ1) is 6.47. The second-order valence-electron chi connectivity index (χ2n) is 7.64. The highest BCUT2D eigenvalue weighted by molar-refractivity contribution is 7.62. The lowest BCUT2D eigenvalue weighted by Crippen LogP contribution is -2.44. The monoisotopic (exact) mass is 228 g/mol. The number of hydrogen-bond donors (Lipinski definition) is 0. The smallest absolute Gasteiger partial charge is 0.0139 e. The Bertz CT molecular complexity index is 214. The molecular weight excluding hydrogens is 199 g/mol. The number of rotatable bonds is 0. The molecule has 0 unspecified atom stereocenters. The van der Waals surface area contributed by atoms with Gasteiger partial charge in [0.05, 0.1) is 0 Å². The molecule has 90 valence electrons. The zero-order chi connectivity index (χ0) is 12.1. The molecule has 0 aromatic heterocycles. The second-order valence-corrected chi connectivity index (χ2v) is 12.1. The van der Waals surface area contributed by atoms with Crippen molar-refractivity contribution in [3.63, 3.8) is 0 Å². The highest BCUT2D eigenvalue weighted by Crippen LogP contribution is 2.72. The van der Waals surface area contributed by atoms with Crippen LogP contribution >= 0.6 is 7.92 Å². The van der Waals surface area contributed by atoms with Gasteiger partial charge in [-0.3, -0.25) is 0 Å². The Morgan fingerprint density at radius 1 is 0.933 bits per heavy atom. The highest BCUT2D eigenvalue weighted by Gasteiger charge is 2.50. The molecule has 0 nitrogen and oxygen atoms in total. The van der Waals surface area contributed by atoms with Gasteiger partial charge in [0.1, 0.15) is 0 Å². The van der Waals surface area contributed by atoms with Crippen molar-refractivity contribution >= 4 is 7.92 Å². The molecule has 1 fully saturated rings. The first kappa shape index (κ1) is 13.5. The van der Waals surface area contributed by atoms with E-state index in [1.807, 2.05) is 0 Å². The number of hydrogen-bond acceptors (Lipinski definition) is 0. The van der Waals surface area contributed by atoms with Crippen molar-refractivity contribution < 1.29 is 0 Å². The lowest BCUT2D eigenvalue weighted by Gasteiger charge is -2.57. The Hall–Kier alpha value is 0.430. The summed E-state index contributed by atoms with van der Waals surface area (Å²) in [5, 5.41) is 1.59. The van der Waals surface area contributed by atoms with Gasteiger partial charge >= 0.3 is 0 Å². The fourth-order valence-electron chi connectivity index (χ4n) is 4.60. The topological polar surface area (TPSA) is 0 Å². The van der Waals surface area contributed by atoms with Crippen molar-refractivity contribution in [2.45, 2.75) is 83.7 Å². The van der Waals surface area contributed by atoms with Gasteiger partial charge < -0.3 is 0 Å². The van der Waals surface area contributed by atoms with Crippen LogP contribution in [-0.4, -0.2) is 15.5 Å². The highest BCUT2D eigenvalue weighted by atomic mass is 31.1. The summed E-state index contributed by atoms with van der Waals surface area (Å²) in [6.07, 6.45) is 2.83. The van der Waals surface area contributed by atoms with Gasteiger partial charge in [-0.1, -0.05) is 63.3 Å². The molecule has 0 bridgehead atoms. The Balaban J connectivity index is 3.09. The lowest BCUT2D eigenvalue weighted by atomic mass is 9.88. The van der Waals surface area contributed by atoms with E-state index in [-0.39, 0.29) is 7.92 Å². The molecule has 0 amide bonds. The molecule has 15 heavy (non-hydrogen) atoms. The molecule has 1 aliphatic heterocycles. The SMILES string of the molecule is CC1CC(C)(C)P(C(C)(C)C)C(C)(C)C1. The van der Waals surface area contributed by atoms with E-state index in [0.717, 1.165) is 5.92 Å². The normalized spacial score (nSPS) is 35.2. The van der Waals surface area contributed by atoms with Crippen LogP contribution in [0.4, 0.5) is 0 Å². The Labute approximate surface area is 98.0 Å². The molecule has 1 rings (SSSR count). The van der Waals surface area contributed by atoms with Crippen molar-refractivity contribution in [2.24, 2.45) is 5.92 Å². The molecule has 0 aromatic carbocycles. The third kappa shape index (κ3) is 2.76. The van der Waals surface area contributed by atoms with Crippen LogP contribution in [0.5, 0.6) is 0 Å². The van der Waals surface area contributed by atoms with Crippen molar-refractivity contribution in [1.82, 2.24) is 0 Å². The van der Waals surface area contributed by atoms with E-state index in [2.05, 4.69) is 55.4 Å². The molecule has 0 radical (unpaired) electrons. The molecule has 0 aromatic rings. The van der Waals surface area contributed by atoms with Crippen molar-refractivity contribution in [3.05, 3.63) is 0 Å². The average Bonchev–Trinajstić information content (AvgIpc) is 1.71. The van der Waals surface area contributed by atoms with Gasteiger partial charge in [-0.15, -0.1) is 0 Å². The van der Waals surface area contributed by atoms with Crippen LogP contribution in [0.2, 0.25) is 0 Å². The Morgan fingerprint density at radius 2 is 1.27 bits per heavy atom. The summed E-state index contributed by atoms with van der Waals surface area (Å²) in [6, 6.07) is 0. The Kier molecular flexibility index (Phi) is 3.35. The van der Waals surface area contributed by atoms with Gasteiger partial charge in [-0.2, -0.15) is 0 Å². The molecule has 1 heteroatoms. The molecule has 1 aliphatic rings. The van der Waals surface area contributed by atoms with Crippen molar-refractivity contribution in [1.29, 1.82) is 0 Å². The zero-order valence-electron chi connectivity index (χ0n) is 11.9. The van der Waals surface area contributed by atoms with Crippen LogP contribution in [0, 0.1) is 5.92 Å². The third-order valence-electron chi connectivity index (χ3n) is 3.58. The van der Waals surface area contributed by atoms with Crippen LogP contribution in [0.3, 0.4) is 0 Å². The van der Waals surface area contributed by atoms with Gasteiger partial charge in [0.2, 0.25) is 0 Å². The minimum atomic E-state index is 0.0741. The molecule has 0 aliphatic carbocycles. The minimum absolute atomic E-state index is 0.0741. The van der Waals surface area contributed by atoms with Gasteiger partial charge in [0, 0.05) is 0 Å². The van der Waals surface area contributed by atoms with E-state index >= 15 is 0 Å². The summed E-state index contributed by atoms with van der Waals surface area (Å²) in [6.45, 7) is 19.8. The summed E-state index contributed by atoms with van der Waals surface area (Å²) in [5.41, 5.74) is 0. The van der Waals surface area contributed by atoms with E-state index in [1.54, 1.807) is 0 Å². The molecule has 0 N–H and O–H groups in total. The van der Waals surface area contributed by atoms with Crippen molar-refractivity contribution in [2.75, 3.05) is 0 Å². The molecule has 0 spiro atoms. The summed E-state index contributed by atoms with van der Waals surface area (Å²) in [4.78, 5) is 0. The molecule has 0 saturated carbocycles. The van der Waals surface area contributed by atoms with E-state index < -0.39 is 0 Å². The summed E-state index contributed by atoms with van der Waals surface area (Å²) < 4.78 is 0. The second kappa shape index (κ2) is 3.73. The van der Waals surface area contributed by atoms with Crippen LogP contribution < -0.4 is 0 Å². The molecule has 1 saturated heterocycles. The predicted molar refractivity (Wildman–Crippen MR) is 73.2 cm³/mol. The van der Waals surface area contributed by atoms with E-state index in [0.29, 0.717) is 15.5 Å². The predicted octanol–water partition coefficient (Wildman–Crippen LogP) is 5.25. The molecular formula is C14H29P. The summed E-state index contributed by atoms with van der Waals surface area (Å²) in [5.74, 6) is 0.899. The van der Waals surface area contributed by atoms with Crippen LogP contribution in [0.25, 0.3) is 0 Å². The van der Waals surface area contributed by atoms with Gasteiger partial charge in [-0.05, 0) is 34.2 Å². The maximum Gasteiger partial charge on any atom is -0.0139 e. The minimum Gasteiger partial charge on any atom is -0.0895 e. The van der Waals surface area contributed by atoms with Gasteiger partial charge in [0.25, 0.3) is 0 Å². The summed E-state index contributed by atoms with van der Waals surface area (Å²) in [7, 11) is 0.0741. The standard InChI is InChI=1S/C14H29P/c1-11-9-13(5,6)15(12(2,3)4)14(7,8)10-11/h11H,9-10H2,1-8H3. The average molecular weight is 228 g/mol. The van der Waals surface area contributed by atoms with Crippen LogP contribution in [0.15, 0.2) is 0 Å². The first-order valence-corrected chi connectivity index (χ1v) is 7.61. The van der Waals surface area contributed by atoms with Crippen LogP contribution in [-0.2, 0) is 0 Å². The third-order valence-corrected chi connectivity index (χ3v) is 7.71. The van der Waals surface area contributed by atoms with Gasteiger partial charge in [0.15, 0.2) is 0 Å². The lowest BCUT2D eigenvalue weighted by molar-refractivity contribution is 0.352. The van der Waals surface area contributed by atoms with Gasteiger partial charge in [-0.25, -0.2) is 0 Å². The van der Waals surface area contributed by atoms with E-state index in [9.17, 15) is 0 Å². The fourth-order valence-corrected chi connectivity index (χ4v) is 10.9. The van der Waals surface area contributed by atoms with E-state index in [4.69, 9.17) is 0 Å². The largest absolute Gasteiger partial charge is 0.0895 e. The molecule has 0 atom stereocenters. The fraction of sp³-hybridized carbons (Fsp3) is 1.00. The van der Waals surface area contributed by atoms with Crippen molar-refractivity contribution in [3.8, 4) is 0 Å². The first-order valence-electron chi connectivity index (χ1n) is 6.27. The van der Waals surface area contributed by atoms with E-state index in [1.165, 1.54) is 12.8 Å². The molecule has 1 heterocycles. The Morgan fingerprint density at radius 3 is 1.53 bits per heavy atom. The van der Waals surface area contributed by atoms with Crippen LogP contribution in [0.1, 0.15) is 68.2 Å². The summed E-state index contributed by atoms with van der Waals surface area (Å²) >= 11 is 0.